The zero-order valence-electron chi connectivity index (χ0n) is 16.8. The van der Waals surface area contributed by atoms with Crippen LogP contribution in [0.4, 0.5) is 5.82 Å². The Labute approximate surface area is 195 Å². The molecule has 0 unspecified atom stereocenters. The van der Waals surface area contributed by atoms with Gasteiger partial charge in [-0.25, -0.2) is 19.9 Å². The topological polar surface area (TPSA) is 92.6 Å². The minimum atomic E-state index is -0.167. The van der Waals surface area contributed by atoms with Gasteiger partial charge in [-0.3, -0.25) is 9.36 Å². The zero-order chi connectivity index (χ0) is 21.8. The fourth-order valence-corrected chi connectivity index (χ4v) is 6.30. The molecule has 32 heavy (non-hydrogen) atoms. The van der Waals surface area contributed by atoms with Crippen LogP contribution in [0.15, 0.2) is 47.8 Å². The third kappa shape index (κ3) is 3.01. The van der Waals surface area contributed by atoms with Gasteiger partial charge in [0, 0.05) is 10.6 Å². The molecule has 0 saturated carbocycles. The molecule has 0 radical (unpaired) electrons. The van der Waals surface area contributed by atoms with Crippen molar-refractivity contribution in [3.63, 3.8) is 0 Å². The van der Waals surface area contributed by atoms with Crippen LogP contribution in [0.5, 0.6) is 0 Å². The van der Waals surface area contributed by atoms with Gasteiger partial charge in [0.05, 0.1) is 34.2 Å². The highest BCUT2D eigenvalue weighted by Gasteiger charge is 2.34. The maximum absolute atomic E-state index is 13.7. The highest BCUT2D eigenvalue weighted by Crippen LogP contribution is 2.39. The molecule has 1 aliphatic rings. The molecule has 160 valence electrons. The Kier molecular flexibility index (Phi) is 4.67. The lowest BCUT2D eigenvalue weighted by Crippen LogP contribution is -2.32. The minimum Gasteiger partial charge on any atom is -0.340 e. The maximum Gasteiger partial charge on any atom is 0.268 e. The summed E-state index contributed by atoms with van der Waals surface area (Å²) in [7, 11) is 0. The monoisotopic (exact) mass is 481 g/mol. The van der Waals surface area contributed by atoms with E-state index in [0.717, 1.165) is 27.0 Å². The molecule has 5 heterocycles. The van der Waals surface area contributed by atoms with Crippen LogP contribution in [-0.4, -0.2) is 41.1 Å². The predicted octanol–water partition coefficient (Wildman–Crippen LogP) is 4.33. The summed E-state index contributed by atoms with van der Waals surface area (Å²) in [5.41, 5.74) is 1.80. The minimum absolute atomic E-state index is 0.163. The lowest BCUT2D eigenvalue weighted by atomic mass is 10.2. The molecule has 11 heteroatoms. The molecule has 5 aromatic rings. The molecule has 1 saturated heterocycles. The largest absolute Gasteiger partial charge is 0.340 e. The predicted molar refractivity (Wildman–Crippen MR) is 129 cm³/mol. The second kappa shape index (κ2) is 7.58. The van der Waals surface area contributed by atoms with Crippen molar-refractivity contribution in [1.29, 1.82) is 0 Å². The second-order valence-corrected chi connectivity index (χ2v) is 10.1. The number of aromatic nitrogens is 6. The van der Waals surface area contributed by atoms with Gasteiger partial charge in [0.25, 0.3) is 5.56 Å². The Bertz CT molecular complexity index is 1540. The van der Waals surface area contributed by atoms with E-state index in [0.29, 0.717) is 33.3 Å². The molecule has 1 aromatic carbocycles. The number of halogens is 1. The van der Waals surface area contributed by atoms with Crippen molar-refractivity contribution in [1.82, 2.24) is 29.5 Å². The lowest BCUT2D eigenvalue weighted by Gasteiger charge is -2.26. The quantitative estimate of drug-likeness (QED) is 0.410. The Balaban J connectivity index is 1.61. The molecular formula is C21H16ClN7OS2. The van der Waals surface area contributed by atoms with Gasteiger partial charge < -0.3 is 9.88 Å². The number of rotatable bonds is 3. The normalized spacial score (nSPS) is 16.4. The van der Waals surface area contributed by atoms with Crippen molar-refractivity contribution in [3.05, 3.63) is 69.1 Å². The van der Waals surface area contributed by atoms with Crippen molar-refractivity contribution in [3.8, 4) is 5.00 Å². The number of hydrogen-bond acceptors (Lipinski definition) is 8. The van der Waals surface area contributed by atoms with Crippen LogP contribution in [0.25, 0.3) is 27.1 Å². The molecule has 1 N–H and O–H groups in total. The van der Waals surface area contributed by atoms with E-state index in [1.165, 1.54) is 6.33 Å². The van der Waals surface area contributed by atoms with E-state index in [4.69, 9.17) is 16.6 Å². The molecule has 0 aliphatic carbocycles. The number of thioether (sulfide) groups is 1. The fraction of sp³-hybridized carbons (Fsp3) is 0.190. The Morgan fingerprint density at radius 3 is 2.94 bits per heavy atom. The van der Waals surface area contributed by atoms with Crippen LogP contribution in [0, 0.1) is 6.92 Å². The maximum atomic E-state index is 13.7. The van der Waals surface area contributed by atoms with Crippen LogP contribution in [0.2, 0.25) is 5.02 Å². The summed E-state index contributed by atoms with van der Waals surface area (Å²) >= 11 is 9.75. The summed E-state index contributed by atoms with van der Waals surface area (Å²) in [4.78, 5) is 38.1. The number of anilines is 1. The molecule has 4 aromatic heterocycles. The van der Waals surface area contributed by atoms with Crippen molar-refractivity contribution in [2.24, 2.45) is 0 Å². The van der Waals surface area contributed by atoms with Crippen molar-refractivity contribution in [2.45, 2.75) is 13.0 Å². The molecule has 6 rings (SSSR count). The first kappa shape index (κ1) is 19.7. The number of thiophene rings is 1. The van der Waals surface area contributed by atoms with Crippen LogP contribution < -0.4 is 10.5 Å². The molecule has 1 fully saturated rings. The van der Waals surface area contributed by atoms with Gasteiger partial charge in [0.15, 0.2) is 11.5 Å². The smallest absolute Gasteiger partial charge is 0.268 e. The SMILES string of the molecule is Cc1ccc(-n2c([C@@H]3CSCN3c3ncnc4nc[nH]c34)nc3cccc(Cl)c3c2=O)s1. The lowest BCUT2D eigenvalue weighted by molar-refractivity contribution is 0.671. The number of imidazole rings is 1. The van der Waals surface area contributed by atoms with Gasteiger partial charge in [-0.1, -0.05) is 17.7 Å². The van der Waals surface area contributed by atoms with Crippen molar-refractivity contribution in [2.75, 3.05) is 16.5 Å². The standard InChI is InChI=1S/C21H16ClN7OS2/c1-11-5-6-15(32-11)29-19(27-13-4-2-3-12(22)16(13)21(29)30)14-7-31-10-28(14)20-17-18(24-8-23-17)25-9-26-20/h2-6,8-9,14H,7,10H2,1H3,(H,23,24,25,26)/t14-/m0/s1. The van der Waals surface area contributed by atoms with Gasteiger partial charge in [-0.2, -0.15) is 0 Å². The number of aromatic amines is 1. The first-order valence-corrected chi connectivity index (χ1v) is 12.2. The van der Waals surface area contributed by atoms with Gasteiger partial charge in [0.2, 0.25) is 0 Å². The van der Waals surface area contributed by atoms with Crippen LogP contribution >= 0.6 is 34.7 Å². The summed E-state index contributed by atoms with van der Waals surface area (Å²) in [6.45, 7) is 2.02. The van der Waals surface area contributed by atoms with Crippen LogP contribution in [0.1, 0.15) is 16.7 Å². The van der Waals surface area contributed by atoms with Gasteiger partial charge in [-0.15, -0.1) is 23.1 Å². The highest BCUT2D eigenvalue weighted by molar-refractivity contribution is 7.99. The summed E-state index contributed by atoms with van der Waals surface area (Å²) in [6.07, 6.45) is 3.13. The number of benzene rings is 1. The molecule has 1 atom stereocenters. The van der Waals surface area contributed by atoms with Gasteiger partial charge in [0.1, 0.15) is 22.7 Å². The zero-order valence-corrected chi connectivity index (χ0v) is 19.2. The highest BCUT2D eigenvalue weighted by atomic mass is 35.5. The van der Waals surface area contributed by atoms with Crippen molar-refractivity contribution >= 4 is 62.6 Å². The van der Waals surface area contributed by atoms with Crippen molar-refractivity contribution < 1.29 is 0 Å². The Morgan fingerprint density at radius 1 is 1.19 bits per heavy atom. The Hall–Kier alpha value is -2.95. The summed E-state index contributed by atoms with van der Waals surface area (Å²) in [5.74, 6) is 2.89. The first-order chi connectivity index (χ1) is 15.6. The van der Waals surface area contributed by atoms with Gasteiger partial charge in [-0.05, 0) is 31.2 Å². The number of fused-ring (bicyclic) bond motifs is 2. The summed E-state index contributed by atoms with van der Waals surface area (Å²) < 4.78 is 1.71. The van der Waals surface area contributed by atoms with E-state index in [2.05, 4.69) is 24.8 Å². The van der Waals surface area contributed by atoms with E-state index in [1.807, 2.05) is 31.2 Å². The van der Waals surface area contributed by atoms with E-state index >= 15 is 0 Å². The number of nitrogens with zero attached hydrogens (tertiary/aromatic N) is 6. The average Bonchev–Trinajstić information content (AvgIpc) is 3.53. The molecule has 0 bridgehead atoms. The summed E-state index contributed by atoms with van der Waals surface area (Å²) in [6, 6.07) is 9.18. The number of H-pyrrole nitrogens is 1. The van der Waals surface area contributed by atoms with E-state index in [1.54, 1.807) is 40.1 Å². The molecule has 8 nitrogen and oxygen atoms in total. The second-order valence-electron chi connectivity index (χ2n) is 7.41. The molecular weight excluding hydrogens is 466 g/mol. The third-order valence-electron chi connectivity index (χ3n) is 5.47. The molecule has 0 amide bonds. The van der Waals surface area contributed by atoms with Crippen LogP contribution in [-0.2, 0) is 0 Å². The van der Waals surface area contributed by atoms with E-state index in [9.17, 15) is 4.79 Å². The fourth-order valence-electron chi connectivity index (χ4n) is 4.02. The first-order valence-electron chi connectivity index (χ1n) is 9.88. The average molecular weight is 482 g/mol. The molecule has 0 spiro atoms. The Morgan fingerprint density at radius 2 is 2.09 bits per heavy atom. The molecule has 1 aliphatic heterocycles. The van der Waals surface area contributed by atoms with Gasteiger partial charge >= 0.3 is 0 Å². The van der Waals surface area contributed by atoms with E-state index < -0.39 is 0 Å². The summed E-state index contributed by atoms with van der Waals surface area (Å²) in [5, 5.41) is 1.66. The number of aryl methyl sites for hydroxylation is 1. The number of nitrogens with one attached hydrogen (secondary N) is 1. The van der Waals surface area contributed by atoms with E-state index in [-0.39, 0.29) is 11.6 Å². The van der Waals surface area contributed by atoms with Crippen LogP contribution in [0.3, 0.4) is 0 Å². The number of hydrogen-bond donors (Lipinski definition) is 1. The third-order valence-corrected chi connectivity index (χ3v) is 7.79.